The van der Waals surface area contributed by atoms with Crippen LogP contribution >= 0.6 is 0 Å². The lowest BCUT2D eigenvalue weighted by Crippen LogP contribution is -2.02. The minimum atomic E-state index is -0.205. The molecule has 0 fully saturated rings. The van der Waals surface area contributed by atoms with E-state index in [9.17, 15) is 4.39 Å². The third-order valence-electron chi connectivity index (χ3n) is 2.96. The number of nitrogens with one attached hydrogen (secondary N) is 1. The Balaban J connectivity index is 2.13. The minimum absolute atomic E-state index is 0.205. The zero-order chi connectivity index (χ0) is 13.1. The van der Waals surface area contributed by atoms with Gasteiger partial charge in [-0.2, -0.15) is 0 Å². The predicted molar refractivity (Wildman–Crippen MR) is 74.4 cm³/mol. The van der Waals surface area contributed by atoms with Crippen molar-refractivity contribution in [3.63, 3.8) is 0 Å². The molecule has 0 saturated carbocycles. The summed E-state index contributed by atoms with van der Waals surface area (Å²) in [4.78, 5) is 0. The van der Waals surface area contributed by atoms with Crippen LogP contribution in [0.5, 0.6) is 0 Å². The van der Waals surface area contributed by atoms with E-state index < -0.39 is 0 Å². The van der Waals surface area contributed by atoms with Gasteiger partial charge in [-0.15, -0.1) is 0 Å². The average Bonchev–Trinajstić information content (AvgIpc) is 2.29. The van der Waals surface area contributed by atoms with Crippen LogP contribution in [0.2, 0.25) is 0 Å². The van der Waals surface area contributed by atoms with E-state index in [1.54, 1.807) is 6.07 Å². The van der Waals surface area contributed by atoms with Gasteiger partial charge in [0.05, 0.1) is 0 Å². The summed E-state index contributed by atoms with van der Waals surface area (Å²) in [7, 11) is 0. The monoisotopic (exact) mass is 243 g/mol. The highest BCUT2D eigenvalue weighted by Crippen LogP contribution is 2.17. The Morgan fingerprint density at radius 1 is 0.944 bits per heavy atom. The molecule has 0 heterocycles. The van der Waals surface area contributed by atoms with Gasteiger partial charge in [0.15, 0.2) is 0 Å². The molecule has 1 nitrogen and oxygen atoms in total. The van der Waals surface area contributed by atoms with Crippen molar-refractivity contribution in [2.75, 3.05) is 5.32 Å². The molecule has 0 saturated heterocycles. The highest BCUT2D eigenvalue weighted by Gasteiger charge is 2.01. The van der Waals surface area contributed by atoms with E-state index in [4.69, 9.17) is 0 Å². The van der Waals surface area contributed by atoms with E-state index in [2.05, 4.69) is 37.4 Å². The molecule has 0 atom stereocenters. The zero-order valence-corrected chi connectivity index (χ0v) is 11.0. The van der Waals surface area contributed by atoms with Crippen LogP contribution in [-0.2, 0) is 6.54 Å². The van der Waals surface area contributed by atoms with Crippen LogP contribution < -0.4 is 5.32 Å². The molecule has 0 bridgehead atoms. The smallest absolute Gasteiger partial charge is 0.125 e. The van der Waals surface area contributed by atoms with Crippen LogP contribution in [0.1, 0.15) is 22.3 Å². The van der Waals surface area contributed by atoms with E-state index >= 15 is 0 Å². The molecule has 0 aromatic heterocycles. The largest absolute Gasteiger partial charge is 0.381 e. The van der Waals surface area contributed by atoms with Gasteiger partial charge in [0.2, 0.25) is 0 Å². The van der Waals surface area contributed by atoms with Crippen molar-refractivity contribution in [3.8, 4) is 0 Å². The van der Waals surface area contributed by atoms with Crippen molar-refractivity contribution >= 4 is 5.69 Å². The summed E-state index contributed by atoms with van der Waals surface area (Å²) in [6, 6.07) is 11.3. The maximum atomic E-state index is 13.2. The quantitative estimate of drug-likeness (QED) is 0.844. The maximum absolute atomic E-state index is 13.2. The SMILES string of the molecule is Cc1cc(C)cc(CNc2cc(F)ccc2C)c1. The molecule has 0 aliphatic rings. The first-order valence-corrected chi connectivity index (χ1v) is 6.12. The molecule has 0 radical (unpaired) electrons. The molecule has 1 N–H and O–H groups in total. The highest BCUT2D eigenvalue weighted by molar-refractivity contribution is 5.51. The van der Waals surface area contributed by atoms with Gasteiger partial charge >= 0.3 is 0 Å². The summed E-state index contributed by atoms with van der Waals surface area (Å²) < 4.78 is 13.2. The number of hydrogen-bond donors (Lipinski definition) is 1. The van der Waals surface area contributed by atoms with Crippen molar-refractivity contribution in [1.29, 1.82) is 0 Å². The fourth-order valence-electron chi connectivity index (χ4n) is 2.15. The average molecular weight is 243 g/mol. The van der Waals surface area contributed by atoms with Crippen molar-refractivity contribution in [1.82, 2.24) is 0 Å². The molecule has 2 rings (SSSR count). The summed E-state index contributed by atoms with van der Waals surface area (Å²) in [5.74, 6) is -0.205. The zero-order valence-electron chi connectivity index (χ0n) is 11.0. The second kappa shape index (κ2) is 5.21. The molecule has 18 heavy (non-hydrogen) atoms. The molecule has 0 unspecified atom stereocenters. The topological polar surface area (TPSA) is 12.0 Å². The molecule has 94 valence electrons. The van der Waals surface area contributed by atoms with Crippen LogP contribution in [0.25, 0.3) is 0 Å². The van der Waals surface area contributed by atoms with Crippen molar-refractivity contribution in [3.05, 3.63) is 64.5 Å². The molecule has 0 aliphatic carbocycles. The molecular formula is C16H18FN. The van der Waals surface area contributed by atoms with Crippen molar-refractivity contribution in [2.45, 2.75) is 27.3 Å². The summed E-state index contributed by atoms with van der Waals surface area (Å²) in [5, 5.41) is 3.28. The van der Waals surface area contributed by atoms with Gasteiger partial charge in [0.1, 0.15) is 5.82 Å². The number of aryl methyl sites for hydroxylation is 3. The summed E-state index contributed by atoms with van der Waals surface area (Å²) in [6.07, 6.45) is 0. The van der Waals surface area contributed by atoms with Crippen molar-refractivity contribution < 1.29 is 4.39 Å². The first-order valence-electron chi connectivity index (χ1n) is 6.12. The molecular weight excluding hydrogens is 225 g/mol. The lowest BCUT2D eigenvalue weighted by molar-refractivity contribution is 0.628. The van der Waals surface area contributed by atoms with Crippen LogP contribution in [0, 0.1) is 26.6 Å². The summed E-state index contributed by atoms with van der Waals surface area (Å²) >= 11 is 0. The highest BCUT2D eigenvalue weighted by atomic mass is 19.1. The number of hydrogen-bond acceptors (Lipinski definition) is 1. The van der Waals surface area contributed by atoms with Gasteiger partial charge in [-0.1, -0.05) is 35.4 Å². The van der Waals surface area contributed by atoms with Gasteiger partial charge in [0, 0.05) is 12.2 Å². The second-order valence-corrected chi connectivity index (χ2v) is 4.81. The molecule has 0 spiro atoms. The fourth-order valence-corrected chi connectivity index (χ4v) is 2.15. The van der Waals surface area contributed by atoms with Gasteiger partial charge in [-0.3, -0.25) is 0 Å². The molecule has 2 heteroatoms. The standard InChI is InChI=1S/C16H18FN/c1-11-6-12(2)8-14(7-11)10-18-16-9-15(17)5-4-13(16)3/h4-9,18H,10H2,1-3H3. The Bertz CT molecular complexity index is 541. The normalized spacial score (nSPS) is 10.4. The lowest BCUT2D eigenvalue weighted by Gasteiger charge is -2.11. The first kappa shape index (κ1) is 12.6. The Morgan fingerprint density at radius 3 is 2.28 bits per heavy atom. The van der Waals surface area contributed by atoms with Crippen LogP contribution in [0.4, 0.5) is 10.1 Å². The Labute approximate surface area is 108 Å². The third-order valence-corrected chi connectivity index (χ3v) is 2.96. The number of benzene rings is 2. The minimum Gasteiger partial charge on any atom is -0.381 e. The Morgan fingerprint density at radius 2 is 1.61 bits per heavy atom. The summed E-state index contributed by atoms with van der Waals surface area (Å²) in [5.41, 5.74) is 5.64. The second-order valence-electron chi connectivity index (χ2n) is 4.81. The molecule has 0 aliphatic heterocycles. The van der Waals surface area contributed by atoms with Gasteiger partial charge in [-0.25, -0.2) is 4.39 Å². The molecule has 2 aromatic rings. The first-order chi connectivity index (χ1) is 8.54. The number of anilines is 1. The van der Waals surface area contributed by atoms with Crippen LogP contribution in [0.3, 0.4) is 0 Å². The number of halogens is 1. The van der Waals surface area contributed by atoms with E-state index in [0.717, 1.165) is 11.3 Å². The van der Waals surface area contributed by atoms with E-state index in [-0.39, 0.29) is 5.82 Å². The van der Waals surface area contributed by atoms with Gasteiger partial charge in [0.25, 0.3) is 0 Å². The van der Waals surface area contributed by atoms with Crippen LogP contribution in [-0.4, -0.2) is 0 Å². The van der Waals surface area contributed by atoms with Crippen molar-refractivity contribution in [2.24, 2.45) is 0 Å². The summed E-state index contributed by atoms with van der Waals surface area (Å²) in [6.45, 7) is 6.87. The number of rotatable bonds is 3. The van der Waals surface area contributed by atoms with E-state index in [0.29, 0.717) is 6.54 Å². The molecule has 0 amide bonds. The molecule has 2 aromatic carbocycles. The van der Waals surface area contributed by atoms with Gasteiger partial charge < -0.3 is 5.32 Å². The third kappa shape index (κ3) is 3.10. The predicted octanol–water partition coefficient (Wildman–Crippen LogP) is 4.36. The fraction of sp³-hybridized carbons (Fsp3) is 0.250. The lowest BCUT2D eigenvalue weighted by atomic mass is 10.1. The van der Waals surface area contributed by atoms with E-state index in [1.165, 1.54) is 28.8 Å². The van der Waals surface area contributed by atoms with E-state index in [1.807, 2.05) is 6.92 Å². The Hall–Kier alpha value is -1.83. The Kier molecular flexibility index (Phi) is 3.66. The maximum Gasteiger partial charge on any atom is 0.125 e. The van der Waals surface area contributed by atoms with Gasteiger partial charge in [-0.05, 0) is 44.0 Å². The van der Waals surface area contributed by atoms with Crippen LogP contribution in [0.15, 0.2) is 36.4 Å².